The van der Waals surface area contributed by atoms with Crippen molar-refractivity contribution in [2.45, 2.75) is 25.3 Å². The number of piperidine rings is 1. The fourth-order valence-corrected chi connectivity index (χ4v) is 3.47. The molecule has 1 atom stereocenters. The number of thiazole rings is 1. The topological polar surface area (TPSA) is 48.5 Å². The molecule has 2 aliphatic heterocycles. The number of anilines is 1. The number of carbonyl (C=O) groups excluding carboxylic acids is 1. The van der Waals surface area contributed by atoms with Gasteiger partial charge >= 0.3 is 0 Å². The first kappa shape index (κ1) is 12.9. The monoisotopic (exact) mass is 280 g/mol. The second-order valence-electron chi connectivity index (χ2n) is 5.13. The normalized spacial score (nSPS) is 24.5. The molecule has 6 heteroatoms. The number of amides is 1. The van der Waals surface area contributed by atoms with Crippen LogP contribution in [0, 0.1) is 0 Å². The molecule has 104 valence electrons. The summed E-state index contributed by atoms with van der Waals surface area (Å²) in [6, 6.07) is 0.0557. The predicted molar refractivity (Wildman–Crippen MR) is 76.5 cm³/mol. The number of nitrogens with one attached hydrogen (secondary N) is 1. The number of piperazine rings is 1. The zero-order chi connectivity index (χ0) is 13.1. The van der Waals surface area contributed by atoms with Gasteiger partial charge in [-0.3, -0.25) is 4.79 Å². The minimum Gasteiger partial charge on any atom is -0.345 e. The van der Waals surface area contributed by atoms with Gasteiger partial charge in [-0.2, -0.15) is 0 Å². The van der Waals surface area contributed by atoms with E-state index >= 15 is 0 Å². The van der Waals surface area contributed by atoms with Gasteiger partial charge in [0, 0.05) is 37.8 Å². The van der Waals surface area contributed by atoms with Crippen molar-refractivity contribution in [3.05, 3.63) is 11.6 Å². The summed E-state index contributed by atoms with van der Waals surface area (Å²) in [5.74, 6) is 0.290. The van der Waals surface area contributed by atoms with Crippen molar-refractivity contribution in [1.29, 1.82) is 0 Å². The Morgan fingerprint density at radius 2 is 2.16 bits per heavy atom. The molecule has 2 fully saturated rings. The first-order valence-corrected chi connectivity index (χ1v) is 7.89. The molecule has 1 unspecified atom stereocenters. The summed E-state index contributed by atoms with van der Waals surface area (Å²) in [6.07, 6.45) is 5.19. The highest BCUT2D eigenvalue weighted by atomic mass is 32.1. The van der Waals surface area contributed by atoms with Crippen molar-refractivity contribution in [2.75, 3.05) is 37.6 Å². The van der Waals surface area contributed by atoms with Crippen molar-refractivity contribution >= 4 is 22.4 Å². The highest BCUT2D eigenvalue weighted by molar-refractivity contribution is 7.13. The maximum absolute atomic E-state index is 12.4. The number of hydrogen-bond acceptors (Lipinski definition) is 5. The van der Waals surface area contributed by atoms with Gasteiger partial charge in [-0.15, -0.1) is 11.3 Å². The van der Waals surface area contributed by atoms with E-state index < -0.39 is 0 Å². The summed E-state index contributed by atoms with van der Waals surface area (Å²) >= 11 is 1.67. The molecule has 1 amide bonds. The van der Waals surface area contributed by atoms with Gasteiger partial charge in [-0.25, -0.2) is 4.98 Å². The first-order chi connectivity index (χ1) is 9.34. The number of nitrogens with zero attached hydrogens (tertiary/aromatic N) is 3. The van der Waals surface area contributed by atoms with Crippen LogP contribution in [0.15, 0.2) is 11.6 Å². The molecule has 2 saturated heterocycles. The Hall–Kier alpha value is -1.14. The van der Waals surface area contributed by atoms with Crippen LogP contribution in [0.5, 0.6) is 0 Å². The average molecular weight is 280 g/mol. The molecule has 1 aromatic heterocycles. The summed E-state index contributed by atoms with van der Waals surface area (Å²) in [5, 5.41) is 6.41. The van der Waals surface area contributed by atoms with Gasteiger partial charge in [0.2, 0.25) is 5.91 Å². The molecule has 0 spiro atoms. The van der Waals surface area contributed by atoms with E-state index in [0.29, 0.717) is 5.91 Å². The number of hydrogen-bond donors (Lipinski definition) is 1. The van der Waals surface area contributed by atoms with E-state index in [2.05, 4.69) is 15.2 Å². The lowest BCUT2D eigenvalue weighted by molar-refractivity contribution is -0.134. The molecule has 0 radical (unpaired) electrons. The van der Waals surface area contributed by atoms with Crippen molar-refractivity contribution in [3.63, 3.8) is 0 Å². The zero-order valence-corrected chi connectivity index (χ0v) is 11.9. The highest BCUT2D eigenvalue weighted by Gasteiger charge is 2.28. The number of carbonyl (C=O) groups is 1. The molecule has 0 saturated carbocycles. The lowest BCUT2D eigenvalue weighted by atomic mass is 10.0. The number of rotatable bonds is 2. The zero-order valence-electron chi connectivity index (χ0n) is 11.0. The predicted octanol–water partition coefficient (Wildman–Crippen LogP) is 0.934. The van der Waals surface area contributed by atoms with Crippen LogP contribution in [0.25, 0.3) is 0 Å². The van der Waals surface area contributed by atoms with E-state index in [1.165, 1.54) is 12.8 Å². The highest BCUT2D eigenvalue weighted by Crippen LogP contribution is 2.19. The van der Waals surface area contributed by atoms with Crippen LogP contribution in [0.3, 0.4) is 0 Å². The number of aromatic nitrogens is 1. The molecule has 0 aliphatic carbocycles. The van der Waals surface area contributed by atoms with Gasteiger partial charge < -0.3 is 15.1 Å². The van der Waals surface area contributed by atoms with Crippen LogP contribution in [-0.4, -0.2) is 54.6 Å². The van der Waals surface area contributed by atoms with E-state index in [-0.39, 0.29) is 6.04 Å². The molecule has 0 bridgehead atoms. The maximum atomic E-state index is 12.4. The summed E-state index contributed by atoms with van der Waals surface area (Å²) in [6.45, 7) is 4.40. The van der Waals surface area contributed by atoms with Crippen LogP contribution in [0.1, 0.15) is 19.3 Å². The summed E-state index contributed by atoms with van der Waals surface area (Å²) in [5.41, 5.74) is 0. The van der Waals surface area contributed by atoms with E-state index in [0.717, 1.165) is 44.3 Å². The quantitative estimate of drug-likeness (QED) is 0.876. The Bertz CT molecular complexity index is 408. The van der Waals surface area contributed by atoms with Gasteiger partial charge in [0.05, 0.1) is 6.04 Å². The second-order valence-corrected chi connectivity index (χ2v) is 6.00. The third kappa shape index (κ3) is 2.90. The van der Waals surface area contributed by atoms with Crippen molar-refractivity contribution < 1.29 is 4.79 Å². The molecular weight excluding hydrogens is 260 g/mol. The van der Waals surface area contributed by atoms with Crippen LogP contribution in [-0.2, 0) is 4.79 Å². The van der Waals surface area contributed by atoms with Crippen LogP contribution in [0.4, 0.5) is 5.13 Å². The lowest BCUT2D eigenvalue weighted by Crippen LogP contribution is -2.55. The Kier molecular flexibility index (Phi) is 3.98. The minimum atomic E-state index is 0.0557. The van der Waals surface area contributed by atoms with Crippen LogP contribution < -0.4 is 10.2 Å². The standard InChI is InChI=1S/C13H20N4OS/c18-12(11-3-1-2-4-14-11)16-6-8-17(9-7-16)13-15-5-10-19-13/h5,10-11,14H,1-4,6-9H2. The Balaban J connectivity index is 1.53. The molecule has 3 heterocycles. The van der Waals surface area contributed by atoms with Gasteiger partial charge in [0.1, 0.15) is 0 Å². The fourth-order valence-electron chi connectivity index (χ4n) is 2.77. The maximum Gasteiger partial charge on any atom is 0.239 e. The molecular formula is C13H20N4OS. The van der Waals surface area contributed by atoms with Crippen molar-refractivity contribution in [1.82, 2.24) is 15.2 Å². The van der Waals surface area contributed by atoms with Gasteiger partial charge in [0.25, 0.3) is 0 Å². The Morgan fingerprint density at radius 3 is 2.79 bits per heavy atom. The van der Waals surface area contributed by atoms with Gasteiger partial charge in [0.15, 0.2) is 5.13 Å². The third-order valence-corrected chi connectivity index (χ3v) is 4.72. The van der Waals surface area contributed by atoms with Crippen molar-refractivity contribution in [3.8, 4) is 0 Å². The van der Waals surface area contributed by atoms with Crippen LogP contribution in [0.2, 0.25) is 0 Å². The average Bonchev–Trinajstić information content (AvgIpc) is 3.02. The molecule has 1 N–H and O–H groups in total. The largest absolute Gasteiger partial charge is 0.345 e. The smallest absolute Gasteiger partial charge is 0.239 e. The molecule has 0 aromatic carbocycles. The van der Waals surface area contributed by atoms with Crippen LogP contribution >= 0.6 is 11.3 Å². The third-order valence-electron chi connectivity index (χ3n) is 3.89. The summed E-state index contributed by atoms with van der Waals surface area (Å²) in [7, 11) is 0. The lowest BCUT2D eigenvalue weighted by Gasteiger charge is -2.37. The van der Waals surface area contributed by atoms with E-state index in [1.807, 2.05) is 16.5 Å². The fraction of sp³-hybridized carbons (Fsp3) is 0.692. The second kappa shape index (κ2) is 5.88. The van der Waals surface area contributed by atoms with E-state index in [9.17, 15) is 4.79 Å². The molecule has 1 aromatic rings. The molecule has 3 rings (SSSR count). The van der Waals surface area contributed by atoms with E-state index in [1.54, 1.807) is 11.3 Å². The summed E-state index contributed by atoms with van der Waals surface area (Å²) in [4.78, 5) is 21.0. The molecule has 19 heavy (non-hydrogen) atoms. The molecule has 5 nitrogen and oxygen atoms in total. The SMILES string of the molecule is O=C(C1CCCCN1)N1CCN(c2nccs2)CC1. The summed E-state index contributed by atoms with van der Waals surface area (Å²) < 4.78 is 0. The first-order valence-electron chi connectivity index (χ1n) is 7.01. The van der Waals surface area contributed by atoms with E-state index in [4.69, 9.17) is 0 Å². The Labute approximate surface area is 117 Å². The van der Waals surface area contributed by atoms with Gasteiger partial charge in [-0.05, 0) is 19.4 Å². The van der Waals surface area contributed by atoms with Crippen molar-refractivity contribution in [2.24, 2.45) is 0 Å². The van der Waals surface area contributed by atoms with Gasteiger partial charge in [-0.1, -0.05) is 6.42 Å². The minimum absolute atomic E-state index is 0.0557. The Morgan fingerprint density at radius 1 is 1.32 bits per heavy atom. The molecule has 2 aliphatic rings.